The predicted molar refractivity (Wildman–Crippen MR) is 290 cm³/mol. The van der Waals surface area contributed by atoms with Crippen molar-refractivity contribution in [3.63, 3.8) is 0 Å². The first-order valence-corrected chi connectivity index (χ1v) is 24.2. The number of fused-ring (bicyclic) bond motifs is 15. The second-order valence-electron chi connectivity index (χ2n) is 17.9. The Hall–Kier alpha value is -8.97. The first-order valence-electron chi connectivity index (χ1n) is 23.3. The van der Waals surface area contributed by atoms with E-state index in [1.165, 1.54) is 74.4 Å². The molecule has 15 rings (SSSR count). The van der Waals surface area contributed by atoms with Crippen LogP contribution in [-0.4, -0.2) is 24.1 Å². The van der Waals surface area contributed by atoms with Gasteiger partial charge in [0.1, 0.15) is 0 Å². The van der Waals surface area contributed by atoms with Gasteiger partial charge in [0, 0.05) is 58.5 Å². The molecule has 0 saturated carbocycles. The molecule has 11 aromatic carbocycles. The van der Waals surface area contributed by atoms with Crippen LogP contribution >= 0.6 is 11.3 Å². The highest BCUT2D eigenvalue weighted by Crippen LogP contribution is 2.42. The standard InChI is InChI=1S/C63H37N5S/c1-2-14-39(15-3-1)61-64-62(41-29-33-60-54(35-41)50-22-10-13-25-59(50)69-60)66-63(65-61)68-56-24-12-9-21-49(56)53-36-52-48-20-8-11-23-55(48)67(57(52)37-58(53)68)42-30-26-38(27-31-42)40-28-32-47-45-18-5-4-16-43(45)44-17-6-7-19-46(44)51(47)34-40/h1-37H. The number of hydrogen-bond donors (Lipinski definition) is 0. The Morgan fingerprint density at radius 3 is 1.45 bits per heavy atom. The highest BCUT2D eigenvalue weighted by Gasteiger charge is 2.22. The number of benzene rings is 11. The molecule has 5 nitrogen and oxygen atoms in total. The number of nitrogens with zero attached hydrogens (tertiary/aromatic N) is 5. The molecule has 6 heteroatoms. The van der Waals surface area contributed by atoms with Crippen molar-refractivity contribution in [2.45, 2.75) is 0 Å². The first-order chi connectivity index (χ1) is 34.2. The van der Waals surface area contributed by atoms with Gasteiger partial charge in [-0.1, -0.05) is 158 Å². The van der Waals surface area contributed by atoms with Crippen LogP contribution in [0.3, 0.4) is 0 Å². The van der Waals surface area contributed by atoms with E-state index in [1.54, 1.807) is 0 Å². The summed E-state index contributed by atoms with van der Waals surface area (Å²) in [6, 6.07) is 81.1. The molecular weight excluding hydrogens is 859 g/mol. The van der Waals surface area contributed by atoms with Gasteiger partial charge in [0.15, 0.2) is 11.6 Å². The molecule has 320 valence electrons. The Kier molecular flexibility index (Phi) is 8.17. The molecule has 0 radical (unpaired) electrons. The van der Waals surface area contributed by atoms with E-state index in [2.05, 4.69) is 215 Å². The second-order valence-corrected chi connectivity index (χ2v) is 19.0. The van der Waals surface area contributed by atoms with Gasteiger partial charge in [0.25, 0.3) is 0 Å². The minimum absolute atomic E-state index is 0.572. The molecule has 0 aliphatic carbocycles. The van der Waals surface area contributed by atoms with Crippen LogP contribution in [0.1, 0.15) is 0 Å². The molecule has 0 saturated heterocycles. The van der Waals surface area contributed by atoms with E-state index in [9.17, 15) is 0 Å². The Balaban J connectivity index is 0.925. The van der Waals surface area contributed by atoms with Gasteiger partial charge >= 0.3 is 0 Å². The molecule has 4 aromatic heterocycles. The maximum absolute atomic E-state index is 5.37. The third-order valence-corrected chi connectivity index (χ3v) is 15.3. The maximum atomic E-state index is 5.37. The fraction of sp³-hybridized carbons (Fsp3) is 0. The number of para-hydroxylation sites is 2. The van der Waals surface area contributed by atoms with Gasteiger partial charge < -0.3 is 4.57 Å². The van der Waals surface area contributed by atoms with E-state index < -0.39 is 0 Å². The predicted octanol–water partition coefficient (Wildman–Crippen LogP) is 16.9. The fourth-order valence-corrected chi connectivity index (χ4v) is 12.1. The molecule has 0 spiro atoms. The van der Waals surface area contributed by atoms with Crippen molar-refractivity contribution in [1.29, 1.82) is 0 Å². The molecule has 0 unspecified atom stereocenters. The summed E-state index contributed by atoms with van der Waals surface area (Å²) in [6.07, 6.45) is 0. The summed E-state index contributed by atoms with van der Waals surface area (Å²) in [6.45, 7) is 0. The maximum Gasteiger partial charge on any atom is 0.238 e. The highest BCUT2D eigenvalue weighted by atomic mass is 32.1. The van der Waals surface area contributed by atoms with Crippen molar-refractivity contribution in [1.82, 2.24) is 24.1 Å². The molecule has 4 heterocycles. The SMILES string of the molecule is c1ccc(-c2nc(-c3ccc4sc5ccccc5c4c3)nc(-n3c4ccccc4c4cc5c6ccccc6n(-c6ccc(-c7ccc8c9ccccc9c9ccccc9c8c7)cc6)c5cc43)n2)cc1. The van der Waals surface area contributed by atoms with Gasteiger partial charge in [-0.25, -0.2) is 4.98 Å². The number of thiophene rings is 1. The molecule has 0 aliphatic rings. The van der Waals surface area contributed by atoms with Crippen molar-refractivity contribution >= 4 is 107 Å². The van der Waals surface area contributed by atoms with Crippen LogP contribution in [0.15, 0.2) is 224 Å². The van der Waals surface area contributed by atoms with Crippen LogP contribution in [0.4, 0.5) is 0 Å². The normalized spacial score (nSPS) is 12.1. The van der Waals surface area contributed by atoms with E-state index in [-0.39, 0.29) is 0 Å². The summed E-state index contributed by atoms with van der Waals surface area (Å²) in [5, 5.41) is 14.8. The van der Waals surface area contributed by atoms with Crippen LogP contribution in [0.2, 0.25) is 0 Å². The van der Waals surface area contributed by atoms with Crippen LogP contribution in [0.5, 0.6) is 0 Å². The van der Waals surface area contributed by atoms with Gasteiger partial charge in [-0.3, -0.25) is 4.57 Å². The number of aromatic nitrogens is 5. The van der Waals surface area contributed by atoms with Gasteiger partial charge in [0.05, 0.1) is 22.1 Å². The smallest absolute Gasteiger partial charge is 0.238 e. The Labute approximate surface area is 399 Å². The van der Waals surface area contributed by atoms with E-state index in [0.29, 0.717) is 17.6 Å². The molecule has 69 heavy (non-hydrogen) atoms. The van der Waals surface area contributed by atoms with Crippen LogP contribution < -0.4 is 0 Å². The third kappa shape index (κ3) is 5.79. The van der Waals surface area contributed by atoms with E-state index >= 15 is 0 Å². The van der Waals surface area contributed by atoms with Crippen molar-refractivity contribution in [2.24, 2.45) is 0 Å². The van der Waals surface area contributed by atoms with Crippen LogP contribution in [-0.2, 0) is 0 Å². The lowest BCUT2D eigenvalue weighted by Crippen LogP contribution is -2.06. The Morgan fingerprint density at radius 1 is 0.261 bits per heavy atom. The van der Waals surface area contributed by atoms with Crippen LogP contribution in [0.25, 0.3) is 142 Å². The zero-order chi connectivity index (χ0) is 45.2. The van der Waals surface area contributed by atoms with E-state index in [4.69, 9.17) is 15.0 Å². The summed E-state index contributed by atoms with van der Waals surface area (Å²) in [5.41, 5.74) is 9.66. The molecule has 0 bridgehead atoms. The summed E-state index contributed by atoms with van der Waals surface area (Å²) in [4.78, 5) is 15.9. The lowest BCUT2D eigenvalue weighted by molar-refractivity contribution is 0.954. The topological polar surface area (TPSA) is 48.5 Å². The van der Waals surface area contributed by atoms with Gasteiger partial charge in [-0.2, -0.15) is 9.97 Å². The quantitative estimate of drug-likeness (QED) is 0.162. The molecule has 0 fully saturated rings. The average molecular weight is 896 g/mol. The Morgan fingerprint density at radius 2 is 0.754 bits per heavy atom. The summed E-state index contributed by atoms with van der Waals surface area (Å²) in [7, 11) is 0. The molecule has 0 amide bonds. The zero-order valence-corrected chi connectivity index (χ0v) is 37.8. The van der Waals surface area contributed by atoms with E-state index in [1.807, 2.05) is 29.5 Å². The molecule has 0 aliphatic heterocycles. The minimum Gasteiger partial charge on any atom is -0.309 e. The minimum atomic E-state index is 0.572. The lowest BCUT2D eigenvalue weighted by atomic mass is 9.92. The van der Waals surface area contributed by atoms with Crippen LogP contribution in [0, 0.1) is 0 Å². The average Bonchev–Trinajstić information content (AvgIpc) is 4.07. The first kappa shape index (κ1) is 38.2. The highest BCUT2D eigenvalue weighted by molar-refractivity contribution is 7.25. The van der Waals surface area contributed by atoms with Crippen molar-refractivity contribution in [3.8, 4) is 45.5 Å². The largest absolute Gasteiger partial charge is 0.309 e. The fourth-order valence-electron chi connectivity index (χ4n) is 11.0. The second kappa shape index (κ2) is 14.8. The van der Waals surface area contributed by atoms with Gasteiger partial charge in [0.2, 0.25) is 5.95 Å². The summed E-state index contributed by atoms with van der Waals surface area (Å²) >= 11 is 1.81. The summed E-state index contributed by atoms with van der Waals surface area (Å²) in [5.74, 6) is 1.83. The molecule has 15 aromatic rings. The van der Waals surface area contributed by atoms with E-state index in [0.717, 1.165) is 49.7 Å². The van der Waals surface area contributed by atoms with Crippen molar-refractivity contribution < 1.29 is 0 Å². The molecular formula is C63H37N5S. The van der Waals surface area contributed by atoms with Crippen molar-refractivity contribution in [3.05, 3.63) is 224 Å². The lowest BCUT2D eigenvalue weighted by Gasteiger charge is -2.13. The van der Waals surface area contributed by atoms with Crippen molar-refractivity contribution in [2.75, 3.05) is 0 Å². The monoisotopic (exact) mass is 895 g/mol. The van der Waals surface area contributed by atoms with Gasteiger partial charge in [-0.15, -0.1) is 11.3 Å². The summed E-state index contributed by atoms with van der Waals surface area (Å²) < 4.78 is 7.15. The number of rotatable bonds is 5. The zero-order valence-electron chi connectivity index (χ0n) is 37.0. The number of hydrogen-bond acceptors (Lipinski definition) is 4. The Bertz CT molecular complexity index is 4560. The molecule has 0 N–H and O–H groups in total. The molecule has 0 atom stereocenters. The third-order valence-electron chi connectivity index (χ3n) is 14.2. The van der Waals surface area contributed by atoms with Gasteiger partial charge in [-0.05, 0) is 110 Å².